The van der Waals surface area contributed by atoms with Crippen LogP contribution in [0.2, 0.25) is 0 Å². The van der Waals surface area contributed by atoms with Crippen LogP contribution >= 0.6 is 0 Å². The van der Waals surface area contributed by atoms with E-state index in [1.54, 1.807) is 48.5 Å². The second kappa shape index (κ2) is 12.7. The van der Waals surface area contributed by atoms with Crippen LogP contribution in [-0.4, -0.2) is 42.4 Å². The van der Waals surface area contributed by atoms with Crippen molar-refractivity contribution in [1.82, 2.24) is 5.32 Å². The fourth-order valence-corrected chi connectivity index (χ4v) is 3.83. The largest absolute Gasteiger partial charge is 0.465 e. The second-order valence-electron chi connectivity index (χ2n) is 9.29. The molecular formula is C30H32N4O5. The minimum Gasteiger partial charge on any atom is -0.465 e. The highest BCUT2D eigenvalue weighted by Crippen LogP contribution is 2.32. The summed E-state index contributed by atoms with van der Waals surface area (Å²) in [5.74, 6) is -1.37. The van der Waals surface area contributed by atoms with Crippen molar-refractivity contribution in [3.8, 4) is 11.1 Å². The smallest absolute Gasteiger partial charge is 0.338 e. The zero-order valence-corrected chi connectivity index (χ0v) is 22.1. The fraction of sp³-hybridized carbons (Fsp3) is 0.200. The molecule has 0 saturated carbocycles. The third kappa shape index (κ3) is 6.97. The van der Waals surface area contributed by atoms with Crippen LogP contribution in [0.15, 0.2) is 73.3 Å². The van der Waals surface area contributed by atoms with Crippen LogP contribution < -0.4 is 16.4 Å². The number of hydrogen-bond donors (Lipinski definition) is 5. The molecule has 0 saturated heterocycles. The number of nitrogens with one attached hydrogen (secondary N) is 3. The molecular weight excluding hydrogens is 496 g/mol. The van der Waals surface area contributed by atoms with Crippen LogP contribution in [0.25, 0.3) is 11.1 Å². The third-order valence-corrected chi connectivity index (χ3v) is 5.95. The number of amidine groups is 1. The zero-order valence-electron chi connectivity index (χ0n) is 22.1. The van der Waals surface area contributed by atoms with Crippen LogP contribution in [-0.2, 0) is 4.74 Å². The van der Waals surface area contributed by atoms with E-state index in [0.29, 0.717) is 34.5 Å². The molecule has 39 heavy (non-hydrogen) atoms. The summed E-state index contributed by atoms with van der Waals surface area (Å²) in [5, 5.41) is 23.5. The maximum atomic E-state index is 13.5. The molecule has 1 unspecified atom stereocenters. The average Bonchev–Trinajstić information content (AvgIpc) is 2.94. The summed E-state index contributed by atoms with van der Waals surface area (Å²) < 4.78 is 4.99. The van der Waals surface area contributed by atoms with E-state index >= 15 is 0 Å². The summed E-state index contributed by atoms with van der Waals surface area (Å²) in [5.41, 5.74) is 8.21. The fourth-order valence-electron chi connectivity index (χ4n) is 3.83. The van der Waals surface area contributed by atoms with Crippen molar-refractivity contribution in [2.24, 2.45) is 11.7 Å². The van der Waals surface area contributed by atoms with Gasteiger partial charge in [-0.25, -0.2) is 4.79 Å². The number of nitrogen functional groups attached to an aromatic ring is 1. The molecule has 3 aromatic carbocycles. The third-order valence-electron chi connectivity index (χ3n) is 5.95. The first-order valence-corrected chi connectivity index (χ1v) is 12.3. The predicted octanol–water partition coefficient (Wildman–Crippen LogP) is 4.28. The SMILES string of the molecule is C=CC(O)c1ccc(-c2ccc(C(=O)NCC(C)C)cc2C(=O)OC)c(C(=O)Nc2ccc(C(=N)N)cc2)c1. The molecule has 0 aliphatic carbocycles. The normalized spacial score (nSPS) is 11.4. The van der Waals surface area contributed by atoms with Gasteiger partial charge in [0.15, 0.2) is 0 Å². The van der Waals surface area contributed by atoms with Gasteiger partial charge >= 0.3 is 5.97 Å². The monoisotopic (exact) mass is 528 g/mol. The van der Waals surface area contributed by atoms with E-state index in [0.717, 1.165) is 0 Å². The van der Waals surface area contributed by atoms with Gasteiger partial charge in [0.1, 0.15) is 5.84 Å². The molecule has 3 aromatic rings. The second-order valence-corrected chi connectivity index (χ2v) is 9.29. The predicted molar refractivity (Wildman–Crippen MR) is 151 cm³/mol. The van der Waals surface area contributed by atoms with Crippen LogP contribution in [0.5, 0.6) is 0 Å². The number of amides is 2. The average molecular weight is 529 g/mol. The van der Waals surface area contributed by atoms with Crippen LogP contribution in [0.1, 0.15) is 62.2 Å². The van der Waals surface area contributed by atoms with Crippen molar-refractivity contribution >= 4 is 29.3 Å². The molecule has 9 heteroatoms. The number of aliphatic hydroxyl groups is 1. The van der Waals surface area contributed by atoms with Crippen molar-refractivity contribution in [1.29, 1.82) is 5.41 Å². The lowest BCUT2D eigenvalue weighted by molar-refractivity contribution is 0.0601. The molecule has 0 radical (unpaired) electrons. The van der Waals surface area contributed by atoms with Gasteiger partial charge in [0.2, 0.25) is 0 Å². The molecule has 0 heterocycles. The van der Waals surface area contributed by atoms with Crippen molar-refractivity contribution in [2.45, 2.75) is 20.0 Å². The van der Waals surface area contributed by atoms with Crippen molar-refractivity contribution in [3.63, 3.8) is 0 Å². The van der Waals surface area contributed by atoms with E-state index in [1.807, 2.05) is 13.8 Å². The summed E-state index contributed by atoms with van der Waals surface area (Å²) in [6, 6.07) is 15.8. The minimum atomic E-state index is -1.02. The van der Waals surface area contributed by atoms with E-state index in [4.69, 9.17) is 15.9 Å². The first kappa shape index (κ1) is 28.8. The number of esters is 1. The Morgan fingerprint density at radius 1 is 0.974 bits per heavy atom. The number of carbonyl (C=O) groups is 3. The molecule has 0 aliphatic rings. The van der Waals surface area contributed by atoms with Gasteiger partial charge in [0.25, 0.3) is 11.8 Å². The lowest BCUT2D eigenvalue weighted by Crippen LogP contribution is -2.27. The van der Waals surface area contributed by atoms with Gasteiger partial charge in [0.05, 0.1) is 18.8 Å². The Hall–Kier alpha value is -4.76. The highest BCUT2D eigenvalue weighted by Gasteiger charge is 2.22. The Balaban J connectivity index is 2.10. The molecule has 3 rings (SSSR count). The molecule has 9 nitrogen and oxygen atoms in total. The molecule has 202 valence electrons. The highest BCUT2D eigenvalue weighted by atomic mass is 16.5. The Morgan fingerprint density at radius 3 is 2.18 bits per heavy atom. The van der Waals surface area contributed by atoms with Gasteiger partial charge in [-0.3, -0.25) is 15.0 Å². The van der Waals surface area contributed by atoms with Crippen molar-refractivity contribution in [3.05, 3.63) is 101 Å². The number of aliphatic hydroxyl groups excluding tert-OH is 1. The van der Waals surface area contributed by atoms with Gasteiger partial charge in [-0.15, -0.1) is 6.58 Å². The quantitative estimate of drug-likeness (QED) is 0.114. The number of anilines is 1. The lowest BCUT2D eigenvalue weighted by atomic mass is 9.91. The number of benzene rings is 3. The first-order chi connectivity index (χ1) is 18.5. The number of carbonyl (C=O) groups excluding carboxylic acids is 3. The molecule has 1 atom stereocenters. The minimum absolute atomic E-state index is 0.0991. The molecule has 0 bridgehead atoms. The van der Waals surface area contributed by atoms with Crippen molar-refractivity contribution < 1.29 is 24.2 Å². The zero-order chi connectivity index (χ0) is 28.7. The van der Waals surface area contributed by atoms with E-state index < -0.39 is 18.0 Å². The summed E-state index contributed by atoms with van der Waals surface area (Å²) >= 11 is 0. The Bertz CT molecular complexity index is 1410. The van der Waals surface area contributed by atoms with Gasteiger partial charge in [-0.1, -0.05) is 38.1 Å². The van der Waals surface area contributed by atoms with E-state index in [-0.39, 0.29) is 34.4 Å². The molecule has 2 amide bonds. The van der Waals surface area contributed by atoms with Gasteiger partial charge < -0.3 is 26.2 Å². The number of nitrogens with two attached hydrogens (primary N) is 1. The lowest BCUT2D eigenvalue weighted by Gasteiger charge is -2.17. The van der Waals surface area contributed by atoms with E-state index in [2.05, 4.69) is 17.2 Å². The standard InChI is InChI=1S/C30H32N4O5/c1-5-26(35)19-8-12-22(24(14-19)29(37)34-21-10-6-18(7-11-21)27(31)32)23-13-9-20(15-25(23)30(38)39-4)28(36)33-16-17(2)3/h5-15,17,26,35H,1,16H2,2-4H3,(H3,31,32)(H,33,36)(H,34,37). The molecule has 0 aliphatic heterocycles. The topological polar surface area (TPSA) is 155 Å². The summed E-state index contributed by atoms with van der Waals surface area (Å²) in [6.07, 6.45) is 0.314. The number of rotatable bonds is 10. The molecule has 0 fully saturated rings. The Kier molecular flexibility index (Phi) is 9.35. The van der Waals surface area contributed by atoms with Crippen LogP contribution in [0.3, 0.4) is 0 Å². The summed E-state index contributed by atoms with van der Waals surface area (Å²) in [4.78, 5) is 39.0. The molecule has 6 N–H and O–H groups in total. The van der Waals surface area contributed by atoms with Crippen LogP contribution in [0, 0.1) is 11.3 Å². The summed E-state index contributed by atoms with van der Waals surface area (Å²) in [6.45, 7) is 8.02. The van der Waals surface area contributed by atoms with Crippen LogP contribution in [0.4, 0.5) is 5.69 Å². The Morgan fingerprint density at radius 2 is 1.59 bits per heavy atom. The summed E-state index contributed by atoms with van der Waals surface area (Å²) in [7, 11) is 1.24. The highest BCUT2D eigenvalue weighted by molar-refractivity contribution is 6.11. The van der Waals surface area contributed by atoms with Gasteiger partial charge in [-0.05, 0) is 65.1 Å². The molecule has 0 spiro atoms. The maximum Gasteiger partial charge on any atom is 0.338 e. The van der Waals surface area contributed by atoms with Crippen molar-refractivity contribution in [2.75, 3.05) is 19.0 Å². The number of methoxy groups -OCH3 is 1. The molecule has 0 aromatic heterocycles. The van der Waals surface area contributed by atoms with Gasteiger partial charge in [-0.2, -0.15) is 0 Å². The van der Waals surface area contributed by atoms with E-state index in [1.165, 1.54) is 25.3 Å². The Labute approximate surface area is 227 Å². The number of hydrogen-bond acceptors (Lipinski definition) is 6. The van der Waals surface area contributed by atoms with Gasteiger partial charge in [0, 0.05) is 28.9 Å². The van der Waals surface area contributed by atoms with E-state index in [9.17, 15) is 19.5 Å². The number of ether oxygens (including phenoxy) is 1. The first-order valence-electron chi connectivity index (χ1n) is 12.3. The maximum absolute atomic E-state index is 13.5.